The third kappa shape index (κ3) is 5.69. The van der Waals surface area contributed by atoms with Crippen molar-refractivity contribution in [3.05, 3.63) is 76.5 Å². The molecule has 4 rings (SSSR count). The lowest BCUT2D eigenvalue weighted by atomic mass is 9.92. The normalized spacial score (nSPS) is 16.7. The largest absolute Gasteiger partial charge is 0.337 e. The maximum atomic E-state index is 14.7. The van der Waals surface area contributed by atoms with Crippen LogP contribution < -0.4 is 5.32 Å². The first-order chi connectivity index (χ1) is 17.1. The molecule has 0 aliphatic carbocycles. The molecule has 1 aliphatic rings. The van der Waals surface area contributed by atoms with Gasteiger partial charge in [-0.3, -0.25) is 14.3 Å². The summed E-state index contributed by atoms with van der Waals surface area (Å²) >= 11 is 6.11. The van der Waals surface area contributed by atoms with E-state index in [0.717, 1.165) is 27.4 Å². The quantitative estimate of drug-likeness (QED) is 0.527. The summed E-state index contributed by atoms with van der Waals surface area (Å²) in [6, 6.07) is 10.2. The Morgan fingerprint density at radius 2 is 1.92 bits per heavy atom. The number of hydrogen-bond acceptors (Lipinski definition) is 4. The van der Waals surface area contributed by atoms with Crippen molar-refractivity contribution in [2.24, 2.45) is 5.92 Å². The smallest absolute Gasteiger partial charge is 0.276 e. The van der Waals surface area contributed by atoms with E-state index in [0.29, 0.717) is 5.56 Å². The number of hydrogen-bond donors (Lipinski definition) is 1. The second kappa shape index (κ2) is 10.4. The number of amides is 2. The van der Waals surface area contributed by atoms with E-state index in [-0.39, 0.29) is 36.0 Å². The monoisotopic (exact) mass is 515 g/mol. The number of nitrogens with one attached hydrogen (secondary N) is 1. The Bertz CT molecular complexity index is 1350. The van der Waals surface area contributed by atoms with E-state index in [9.17, 15) is 22.8 Å². The number of likely N-dealkylation sites (tertiary alicyclic amines) is 1. The molecule has 186 valence electrons. The molecule has 0 bridgehead atoms. The fraction of sp³-hybridized carbons (Fsp3) is 0.280. The predicted octanol–water partition coefficient (Wildman–Crippen LogP) is 4.23. The summed E-state index contributed by atoms with van der Waals surface area (Å²) in [5.41, 5.74) is 0.850. The maximum absolute atomic E-state index is 14.7. The summed E-state index contributed by atoms with van der Waals surface area (Å²) in [6.07, 6.45) is 2.48. The van der Waals surface area contributed by atoms with Gasteiger partial charge in [0, 0.05) is 36.7 Å². The van der Waals surface area contributed by atoms with E-state index in [1.54, 1.807) is 12.1 Å². The number of nitrogens with zero attached hydrogens (tertiary/aromatic N) is 4. The van der Waals surface area contributed by atoms with Crippen molar-refractivity contribution >= 4 is 29.2 Å². The molecule has 2 aromatic heterocycles. The van der Waals surface area contributed by atoms with Gasteiger partial charge in [-0.05, 0) is 24.6 Å². The van der Waals surface area contributed by atoms with Crippen LogP contribution in [0.1, 0.15) is 35.0 Å². The number of benzene rings is 1. The van der Waals surface area contributed by atoms with Gasteiger partial charge in [0.2, 0.25) is 5.91 Å². The van der Waals surface area contributed by atoms with Crippen molar-refractivity contribution in [1.29, 1.82) is 0 Å². The first-order valence-electron chi connectivity index (χ1n) is 11.0. The predicted molar refractivity (Wildman–Crippen MR) is 127 cm³/mol. The Labute approximate surface area is 210 Å². The van der Waals surface area contributed by atoms with Crippen LogP contribution in [0.15, 0.2) is 48.8 Å². The molecule has 3 heterocycles. The Balaban J connectivity index is 1.48. The van der Waals surface area contributed by atoms with Crippen LogP contribution in [0.2, 0.25) is 5.02 Å². The van der Waals surface area contributed by atoms with Crippen LogP contribution in [-0.2, 0) is 11.3 Å². The van der Waals surface area contributed by atoms with Gasteiger partial charge in [-0.15, -0.1) is 0 Å². The molecule has 1 saturated heterocycles. The SMILES string of the molecule is CC(=O)N1CCC(Cn2ncc(Cl)c2C(=O)Nc2ncc(C#Cc3ccccc3)cc2F)C(F)(F)C1. The zero-order valence-corrected chi connectivity index (χ0v) is 19.9. The number of aromatic nitrogens is 3. The zero-order chi connectivity index (χ0) is 25.9. The summed E-state index contributed by atoms with van der Waals surface area (Å²) in [7, 11) is 0. The lowest BCUT2D eigenvalue weighted by Gasteiger charge is -2.38. The number of alkyl halides is 2. The standard InChI is InChI=1S/C25H21ClF3N5O2/c1-16(35)33-10-9-19(25(28,29)15-33)14-34-22(20(26)13-31-34)24(36)32-23-21(27)11-18(12-30-23)8-7-17-5-3-2-4-6-17/h2-6,11-13,19H,9-10,14-15H2,1H3,(H,30,32,36). The average Bonchev–Trinajstić information content (AvgIpc) is 3.21. The Hall–Kier alpha value is -3.84. The first-order valence-corrected chi connectivity index (χ1v) is 11.4. The summed E-state index contributed by atoms with van der Waals surface area (Å²) < 4.78 is 45.0. The second-order valence-electron chi connectivity index (χ2n) is 8.33. The summed E-state index contributed by atoms with van der Waals surface area (Å²) in [5, 5.41) is 6.19. The van der Waals surface area contributed by atoms with Crippen LogP contribution in [0.5, 0.6) is 0 Å². The molecule has 0 saturated carbocycles. The third-order valence-corrected chi connectivity index (χ3v) is 6.07. The topological polar surface area (TPSA) is 80.1 Å². The first kappa shape index (κ1) is 25.3. The molecule has 1 aromatic carbocycles. The van der Waals surface area contributed by atoms with Crippen molar-refractivity contribution < 1.29 is 22.8 Å². The number of anilines is 1. The molecule has 1 aliphatic heterocycles. The van der Waals surface area contributed by atoms with E-state index < -0.39 is 36.0 Å². The number of rotatable bonds is 4. The number of pyridine rings is 1. The highest BCUT2D eigenvalue weighted by Crippen LogP contribution is 2.34. The summed E-state index contributed by atoms with van der Waals surface area (Å²) in [5.74, 6) is -1.15. The number of piperidine rings is 1. The Kier molecular flexibility index (Phi) is 7.31. The second-order valence-corrected chi connectivity index (χ2v) is 8.74. The van der Waals surface area contributed by atoms with Gasteiger partial charge in [0.15, 0.2) is 11.6 Å². The van der Waals surface area contributed by atoms with E-state index in [1.165, 1.54) is 13.1 Å². The number of carbonyl (C=O) groups excluding carboxylic acids is 2. The van der Waals surface area contributed by atoms with Gasteiger partial charge in [0.25, 0.3) is 11.8 Å². The molecular weight excluding hydrogens is 495 g/mol. The molecule has 2 amide bonds. The zero-order valence-electron chi connectivity index (χ0n) is 19.1. The van der Waals surface area contributed by atoms with Crippen LogP contribution >= 0.6 is 11.6 Å². The third-order valence-electron chi connectivity index (χ3n) is 5.79. The van der Waals surface area contributed by atoms with Crippen molar-refractivity contribution in [1.82, 2.24) is 19.7 Å². The number of carbonyl (C=O) groups is 2. The van der Waals surface area contributed by atoms with Crippen LogP contribution in [0.4, 0.5) is 19.0 Å². The summed E-state index contributed by atoms with van der Waals surface area (Å²) in [4.78, 5) is 29.4. The van der Waals surface area contributed by atoms with Crippen LogP contribution in [0, 0.1) is 23.6 Å². The van der Waals surface area contributed by atoms with Gasteiger partial charge in [-0.25, -0.2) is 18.2 Å². The van der Waals surface area contributed by atoms with E-state index in [2.05, 4.69) is 27.2 Å². The van der Waals surface area contributed by atoms with Gasteiger partial charge in [0.05, 0.1) is 24.3 Å². The van der Waals surface area contributed by atoms with E-state index in [4.69, 9.17) is 11.6 Å². The molecule has 36 heavy (non-hydrogen) atoms. The van der Waals surface area contributed by atoms with Crippen molar-refractivity contribution in [2.75, 3.05) is 18.4 Å². The van der Waals surface area contributed by atoms with Gasteiger partial charge in [-0.2, -0.15) is 5.10 Å². The number of halogens is 4. The molecule has 7 nitrogen and oxygen atoms in total. The lowest BCUT2D eigenvalue weighted by Crippen LogP contribution is -2.51. The lowest BCUT2D eigenvalue weighted by molar-refractivity contribution is -0.149. The molecular formula is C25H21ClF3N5O2. The molecule has 1 atom stereocenters. The van der Waals surface area contributed by atoms with Gasteiger partial charge >= 0.3 is 0 Å². The molecule has 1 unspecified atom stereocenters. The molecule has 11 heteroatoms. The minimum absolute atomic E-state index is 0.0206. The van der Waals surface area contributed by atoms with Crippen LogP contribution in [-0.4, -0.2) is 50.5 Å². The van der Waals surface area contributed by atoms with Crippen molar-refractivity contribution in [2.45, 2.75) is 25.8 Å². The van der Waals surface area contributed by atoms with Gasteiger partial charge in [-0.1, -0.05) is 41.6 Å². The molecule has 1 fully saturated rings. The minimum atomic E-state index is -3.18. The van der Waals surface area contributed by atoms with Crippen LogP contribution in [0.25, 0.3) is 0 Å². The highest BCUT2D eigenvalue weighted by atomic mass is 35.5. The molecule has 3 aromatic rings. The van der Waals surface area contributed by atoms with Gasteiger partial charge < -0.3 is 10.2 Å². The minimum Gasteiger partial charge on any atom is -0.337 e. The highest BCUT2D eigenvalue weighted by Gasteiger charge is 2.45. The van der Waals surface area contributed by atoms with Gasteiger partial charge in [0.1, 0.15) is 5.69 Å². The molecule has 0 radical (unpaired) electrons. The Morgan fingerprint density at radius 1 is 1.19 bits per heavy atom. The fourth-order valence-corrected chi connectivity index (χ4v) is 4.07. The fourth-order valence-electron chi connectivity index (χ4n) is 3.85. The highest BCUT2D eigenvalue weighted by molar-refractivity contribution is 6.34. The average molecular weight is 516 g/mol. The Morgan fingerprint density at radius 3 is 2.58 bits per heavy atom. The maximum Gasteiger partial charge on any atom is 0.276 e. The molecule has 0 spiro atoms. The van der Waals surface area contributed by atoms with E-state index in [1.807, 2.05) is 18.2 Å². The molecule has 1 N–H and O–H groups in total. The van der Waals surface area contributed by atoms with Crippen molar-refractivity contribution in [3.8, 4) is 11.8 Å². The van der Waals surface area contributed by atoms with Crippen molar-refractivity contribution in [3.63, 3.8) is 0 Å². The van der Waals surface area contributed by atoms with Crippen LogP contribution in [0.3, 0.4) is 0 Å². The van der Waals surface area contributed by atoms with E-state index >= 15 is 0 Å². The summed E-state index contributed by atoms with van der Waals surface area (Å²) in [6.45, 7) is 0.388.